The maximum Gasteiger partial charge on any atom is 0.411 e. The smallest absolute Gasteiger partial charge is 0.411 e. The van der Waals surface area contributed by atoms with Gasteiger partial charge < -0.3 is 20.3 Å². The van der Waals surface area contributed by atoms with Crippen LogP contribution in [0.5, 0.6) is 0 Å². The molecule has 2 amide bonds. The van der Waals surface area contributed by atoms with Gasteiger partial charge in [0, 0.05) is 37.6 Å². The predicted molar refractivity (Wildman–Crippen MR) is 176 cm³/mol. The van der Waals surface area contributed by atoms with Crippen LogP contribution in [0.2, 0.25) is 0 Å². The molecule has 3 aromatic rings. The van der Waals surface area contributed by atoms with E-state index in [9.17, 15) is 9.59 Å². The number of hydrogen-bond acceptors (Lipinski definition) is 5. The number of carbonyl (C=O) groups excluding carboxylic acids is 2. The highest BCUT2D eigenvalue weighted by Crippen LogP contribution is 2.37. The van der Waals surface area contributed by atoms with Gasteiger partial charge in [0.1, 0.15) is 0 Å². The number of rotatable bonds is 9. The van der Waals surface area contributed by atoms with Gasteiger partial charge in [-0.1, -0.05) is 54.6 Å². The second kappa shape index (κ2) is 13.9. The summed E-state index contributed by atoms with van der Waals surface area (Å²) in [4.78, 5) is 30.3. The normalized spacial score (nSPS) is 20.6. The molecule has 2 saturated carbocycles. The van der Waals surface area contributed by atoms with Crippen LogP contribution in [0.25, 0.3) is 11.1 Å². The zero-order chi connectivity index (χ0) is 30.5. The first-order valence-corrected chi connectivity index (χ1v) is 16.4. The van der Waals surface area contributed by atoms with Crippen molar-refractivity contribution in [1.29, 1.82) is 0 Å². The topological polar surface area (TPSA) is 87.9 Å². The Labute approximate surface area is 261 Å². The van der Waals surface area contributed by atoms with Gasteiger partial charge in [0.05, 0.1) is 18.5 Å². The van der Waals surface area contributed by atoms with E-state index in [1.807, 2.05) is 0 Å². The Balaban J connectivity index is 1.19. The summed E-state index contributed by atoms with van der Waals surface area (Å²) in [6, 6.07) is 26.0. The van der Waals surface area contributed by atoms with Gasteiger partial charge in [-0.3, -0.25) is 10.1 Å². The standard InChI is InChI=1S/C37H46N4O3/c1-44-37(43)39-34-24-31(12-17-35(34)40-20-18-27(19-21-40)22-26-6-3-2-4-7-26)30-9-5-8-28(23-30)25-41(36(42)29-10-11-29)33-15-13-32(38)14-16-33/h2-9,12,17,23-24,27,29,32-33H,10-11,13-16,18-22,25,38H2,1H3,(H,39,43). The Bertz CT molecular complexity index is 1420. The number of hydrogen-bond donors (Lipinski definition) is 2. The minimum Gasteiger partial charge on any atom is -0.453 e. The van der Waals surface area contributed by atoms with Crippen molar-refractivity contribution in [3.63, 3.8) is 0 Å². The number of nitrogens with zero attached hydrogens (tertiary/aromatic N) is 2. The quantitative estimate of drug-likeness (QED) is 0.279. The predicted octanol–water partition coefficient (Wildman–Crippen LogP) is 7.00. The monoisotopic (exact) mass is 594 g/mol. The first kappa shape index (κ1) is 30.2. The minimum atomic E-state index is -0.474. The summed E-state index contributed by atoms with van der Waals surface area (Å²) in [5, 5.41) is 2.98. The van der Waals surface area contributed by atoms with E-state index in [-0.39, 0.29) is 18.0 Å². The van der Waals surface area contributed by atoms with Crippen molar-refractivity contribution in [2.75, 3.05) is 30.4 Å². The van der Waals surface area contributed by atoms with E-state index >= 15 is 0 Å². The molecule has 3 fully saturated rings. The molecule has 1 heterocycles. The van der Waals surface area contributed by atoms with E-state index in [1.54, 1.807) is 0 Å². The van der Waals surface area contributed by atoms with Crippen molar-refractivity contribution in [2.24, 2.45) is 17.6 Å². The van der Waals surface area contributed by atoms with E-state index < -0.39 is 6.09 Å². The van der Waals surface area contributed by atoms with Gasteiger partial charge in [-0.05, 0) is 104 Å². The van der Waals surface area contributed by atoms with Crippen LogP contribution in [0.3, 0.4) is 0 Å². The third-order valence-corrected chi connectivity index (χ3v) is 9.75. The molecule has 232 valence electrons. The lowest BCUT2D eigenvalue weighted by molar-refractivity contribution is -0.136. The van der Waals surface area contributed by atoms with Crippen LogP contribution in [0.1, 0.15) is 62.5 Å². The van der Waals surface area contributed by atoms with Crippen LogP contribution in [0, 0.1) is 11.8 Å². The average molecular weight is 595 g/mol. The van der Waals surface area contributed by atoms with Crippen LogP contribution >= 0.6 is 0 Å². The number of piperidine rings is 1. The Hall–Kier alpha value is -3.84. The molecular weight excluding hydrogens is 548 g/mol. The largest absolute Gasteiger partial charge is 0.453 e. The summed E-state index contributed by atoms with van der Waals surface area (Å²) in [5.41, 5.74) is 12.6. The number of ether oxygens (including phenoxy) is 1. The molecule has 7 heteroatoms. The van der Waals surface area contributed by atoms with Gasteiger partial charge in [0.15, 0.2) is 0 Å². The lowest BCUT2D eigenvalue weighted by atomic mass is 9.89. The third-order valence-electron chi connectivity index (χ3n) is 9.75. The summed E-state index contributed by atoms with van der Waals surface area (Å²) in [6.45, 7) is 2.50. The number of amides is 2. The molecule has 3 aromatic carbocycles. The molecule has 3 aliphatic rings. The molecule has 44 heavy (non-hydrogen) atoms. The number of anilines is 2. The van der Waals surface area contributed by atoms with Crippen LogP contribution in [-0.4, -0.2) is 49.2 Å². The van der Waals surface area contributed by atoms with Gasteiger partial charge in [-0.25, -0.2) is 4.79 Å². The fourth-order valence-electron chi connectivity index (χ4n) is 6.99. The van der Waals surface area contributed by atoms with Gasteiger partial charge in [-0.2, -0.15) is 0 Å². The second-order valence-electron chi connectivity index (χ2n) is 13.0. The van der Waals surface area contributed by atoms with Gasteiger partial charge in [0.25, 0.3) is 0 Å². The van der Waals surface area contributed by atoms with Crippen LogP contribution in [0.15, 0.2) is 72.8 Å². The summed E-state index contributed by atoms with van der Waals surface area (Å²) >= 11 is 0. The summed E-state index contributed by atoms with van der Waals surface area (Å²) < 4.78 is 4.99. The highest BCUT2D eigenvalue weighted by molar-refractivity contribution is 5.91. The SMILES string of the molecule is COC(=O)Nc1cc(-c2cccc(CN(C(=O)C3CC3)C3CCC(N)CC3)c2)ccc1N1CCC(Cc2ccccc2)CC1. The van der Waals surface area contributed by atoms with Crippen molar-refractivity contribution >= 4 is 23.4 Å². The molecule has 1 aliphatic heterocycles. The third kappa shape index (κ3) is 7.44. The molecule has 3 N–H and O–H groups in total. The molecule has 1 saturated heterocycles. The summed E-state index contributed by atoms with van der Waals surface area (Å²) in [7, 11) is 1.39. The number of nitrogens with two attached hydrogens (primary N) is 1. The number of carbonyl (C=O) groups is 2. The van der Waals surface area contributed by atoms with Crippen molar-refractivity contribution in [2.45, 2.75) is 76.4 Å². The molecule has 0 spiro atoms. The summed E-state index contributed by atoms with van der Waals surface area (Å²) in [6.07, 6.45) is 8.78. The lowest BCUT2D eigenvalue weighted by Crippen LogP contribution is -2.44. The van der Waals surface area contributed by atoms with E-state index in [1.165, 1.54) is 12.7 Å². The van der Waals surface area contributed by atoms with Crippen molar-refractivity contribution in [1.82, 2.24) is 4.90 Å². The Morgan fingerprint density at radius 1 is 0.841 bits per heavy atom. The van der Waals surface area contributed by atoms with Crippen LogP contribution in [-0.2, 0) is 22.5 Å². The minimum absolute atomic E-state index is 0.191. The maximum atomic E-state index is 13.4. The highest BCUT2D eigenvalue weighted by atomic mass is 16.5. The lowest BCUT2D eigenvalue weighted by Gasteiger charge is -2.36. The van der Waals surface area contributed by atoms with Gasteiger partial charge in [0.2, 0.25) is 5.91 Å². The molecule has 6 rings (SSSR count). The maximum absolute atomic E-state index is 13.4. The van der Waals surface area contributed by atoms with Gasteiger partial charge in [-0.15, -0.1) is 0 Å². The molecule has 0 aromatic heterocycles. The molecule has 0 unspecified atom stereocenters. The first-order valence-electron chi connectivity index (χ1n) is 16.4. The molecular formula is C37H46N4O3. The van der Waals surface area contributed by atoms with E-state index in [2.05, 4.69) is 87.9 Å². The van der Waals surface area contributed by atoms with Crippen LogP contribution in [0.4, 0.5) is 16.2 Å². The van der Waals surface area contributed by atoms with Crippen LogP contribution < -0.4 is 16.0 Å². The van der Waals surface area contributed by atoms with Gasteiger partial charge >= 0.3 is 6.09 Å². The fraction of sp³-hybridized carbons (Fsp3) is 0.459. The fourth-order valence-corrected chi connectivity index (χ4v) is 6.99. The number of nitrogens with one attached hydrogen (secondary N) is 1. The molecule has 0 atom stereocenters. The second-order valence-corrected chi connectivity index (χ2v) is 13.0. The zero-order valence-electron chi connectivity index (χ0n) is 25.9. The summed E-state index contributed by atoms with van der Waals surface area (Å²) in [5.74, 6) is 1.15. The highest BCUT2D eigenvalue weighted by Gasteiger charge is 2.37. The number of methoxy groups -OCH3 is 1. The number of benzene rings is 3. The Morgan fingerprint density at radius 2 is 1.55 bits per heavy atom. The van der Waals surface area contributed by atoms with Crippen molar-refractivity contribution in [3.05, 3.63) is 83.9 Å². The van der Waals surface area contributed by atoms with E-state index in [0.29, 0.717) is 18.4 Å². The Kier molecular flexibility index (Phi) is 9.51. The average Bonchev–Trinajstić information content (AvgIpc) is 3.91. The molecule has 7 nitrogen and oxygen atoms in total. The van der Waals surface area contributed by atoms with Crippen molar-refractivity contribution < 1.29 is 14.3 Å². The molecule has 0 radical (unpaired) electrons. The van der Waals surface area contributed by atoms with E-state index in [4.69, 9.17) is 10.5 Å². The Morgan fingerprint density at radius 3 is 2.25 bits per heavy atom. The zero-order valence-corrected chi connectivity index (χ0v) is 25.9. The molecule has 0 bridgehead atoms. The molecule has 2 aliphatic carbocycles. The first-order chi connectivity index (χ1) is 21.5. The van der Waals surface area contributed by atoms with E-state index in [0.717, 1.165) is 98.9 Å². The van der Waals surface area contributed by atoms with Crippen molar-refractivity contribution in [3.8, 4) is 11.1 Å².